The van der Waals surface area contributed by atoms with E-state index in [1.807, 2.05) is 0 Å². The zero-order valence-electron chi connectivity index (χ0n) is 10.9. The van der Waals surface area contributed by atoms with Gasteiger partial charge in [0.05, 0.1) is 6.07 Å². The second-order valence-corrected chi connectivity index (χ2v) is 5.31. The lowest BCUT2D eigenvalue weighted by Gasteiger charge is -2.39. The fraction of sp³-hybridized carbons (Fsp3) is 0.533. The smallest absolute Gasteiger partial charge is 0.124 e. The molecule has 1 fully saturated rings. The molecule has 1 unspecified atom stereocenters. The summed E-state index contributed by atoms with van der Waals surface area (Å²) in [5, 5.41) is 9.42. The highest BCUT2D eigenvalue weighted by atomic mass is 19.1. The number of halogens is 1. The Kier molecular flexibility index (Phi) is 3.98. The average molecular weight is 246 g/mol. The van der Waals surface area contributed by atoms with Gasteiger partial charge in [-0.3, -0.25) is 4.90 Å². The van der Waals surface area contributed by atoms with E-state index in [0.29, 0.717) is 12.0 Å². The summed E-state index contributed by atoms with van der Waals surface area (Å²) in [7, 11) is 0. The maximum atomic E-state index is 12.9. The van der Waals surface area contributed by atoms with Gasteiger partial charge in [0, 0.05) is 12.6 Å². The number of hydrogen-bond donors (Lipinski definition) is 0. The first-order valence-electron chi connectivity index (χ1n) is 6.52. The third-order valence-electron chi connectivity index (χ3n) is 3.81. The van der Waals surface area contributed by atoms with Crippen LogP contribution in [0.5, 0.6) is 0 Å². The van der Waals surface area contributed by atoms with Crippen molar-refractivity contribution in [2.75, 3.05) is 6.54 Å². The number of benzene rings is 1. The number of nitriles is 1. The van der Waals surface area contributed by atoms with Crippen molar-refractivity contribution in [3.63, 3.8) is 0 Å². The molecule has 1 aromatic carbocycles. The van der Waals surface area contributed by atoms with Crippen LogP contribution in [0.3, 0.4) is 0 Å². The van der Waals surface area contributed by atoms with Gasteiger partial charge < -0.3 is 0 Å². The molecule has 3 atom stereocenters. The highest BCUT2D eigenvalue weighted by molar-refractivity contribution is 5.25. The van der Waals surface area contributed by atoms with Gasteiger partial charge in [-0.05, 0) is 43.4 Å². The van der Waals surface area contributed by atoms with Crippen molar-refractivity contribution in [2.45, 2.75) is 38.8 Å². The summed E-state index contributed by atoms with van der Waals surface area (Å²) in [4.78, 5) is 2.24. The lowest BCUT2D eigenvalue weighted by atomic mass is 9.92. The fourth-order valence-electron chi connectivity index (χ4n) is 2.67. The molecular weight excluding hydrogens is 227 g/mol. The van der Waals surface area contributed by atoms with E-state index < -0.39 is 0 Å². The number of rotatable bonds is 2. The third kappa shape index (κ3) is 2.70. The van der Waals surface area contributed by atoms with Crippen molar-refractivity contribution in [3.8, 4) is 6.07 Å². The quantitative estimate of drug-likeness (QED) is 0.798. The summed E-state index contributed by atoms with van der Waals surface area (Å²) in [5.41, 5.74) is 0.889. The molecule has 0 N–H and O–H groups in total. The normalized spacial score (nSPS) is 26.6. The van der Waals surface area contributed by atoms with E-state index >= 15 is 0 Å². The van der Waals surface area contributed by atoms with Crippen LogP contribution in [-0.4, -0.2) is 17.5 Å². The number of nitrogens with zero attached hydrogens (tertiary/aromatic N) is 2. The van der Waals surface area contributed by atoms with Crippen molar-refractivity contribution >= 4 is 0 Å². The van der Waals surface area contributed by atoms with E-state index in [1.54, 1.807) is 12.1 Å². The zero-order chi connectivity index (χ0) is 13.1. The first kappa shape index (κ1) is 13.0. The van der Waals surface area contributed by atoms with Crippen LogP contribution in [0.25, 0.3) is 0 Å². The van der Waals surface area contributed by atoms with Crippen LogP contribution >= 0.6 is 0 Å². The predicted molar refractivity (Wildman–Crippen MR) is 69.3 cm³/mol. The van der Waals surface area contributed by atoms with Crippen molar-refractivity contribution in [3.05, 3.63) is 35.6 Å². The van der Waals surface area contributed by atoms with Crippen molar-refractivity contribution in [1.29, 1.82) is 5.26 Å². The molecule has 1 heterocycles. The van der Waals surface area contributed by atoms with E-state index in [2.05, 4.69) is 24.8 Å². The average Bonchev–Trinajstić information content (AvgIpc) is 2.37. The zero-order valence-corrected chi connectivity index (χ0v) is 10.9. The van der Waals surface area contributed by atoms with Gasteiger partial charge in [0.1, 0.15) is 11.9 Å². The lowest BCUT2D eigenvalue weighted by Crippen LogP contribution is -2.42. The summed E-state index contributed by atoms with van der Waals surface area (Å²) in [5.74, 6) is 0.369. The molecule has 96 valence electrons. The summed E-state index contributed by atoms with van der Waals surface area (Å²) < 4.78 is 12.9. The van der Waals surface area contributed by atoms with Crippen LogP contribution < -0.4 is 0 Å². The molecule has 3 heteroatoms. The van der Waals surface area contributed by atoms with Crippen molar-refractivity contribution < 1.29 is 4.39 Å². The predicted octanol–water partition coefficient (Wildman–Crippen LogP) is 3.51. The Morgan fingerprint density at radius 1 is 1.28 bits per heavy atom. The molecule has 0 saturated carbocycles. The van der Waals surface area contributed by atoms with Gasteiger partial charge in [0.25, 0.3) is 0 Å². The van der Waals surface area contributed by atoms with Crippen LogP contribution in [0, 0.1) is 23.1 Å². The Labute approximate surface area is 108 Å². The standard InChI is InChI=1S/C15H19FN2/c1-11-3-4-12(2)18(10-11)15(9-17)13-5-7-14(16)8-6-13/h5-8,11-12,15H,3-4,10H2,1-2H3/t11-,12-,15?/m1/s1. The van der Waals surface area contributed by atoms with Crippen molar-refractivity contribution in [2.24, 2.45) is 5.92 Å². The maximum Gasteiger partial charge on any atom is 0.124 e. The summed E-state index contributed by atoms with van der Waals surface area (Å²) in [6.07, 6.45) is 2.35. The summed E-state index contributed by atoms with van der Waals surface area (Å²) in [6.45, 7) is 5.33. The van der Waals surface area contributed by atoms with Crippen LogP contribution in [0.4, 0.5) is 4.39 Å². The molecule has 0 aromatic heterocycles. The molecule has 1 aliphatic heterocycles. The van der Waals surface area contributed by atoms with Crippen LogP contribution in [0.2, 0.25) is 0 Å². The lowest BCUT2D eigenvalue weighted by molar-refractivity contribution is 0.0995. The SMILES string of the molecule is C[C@@H]1CC[C@@H](C)N(C(C#N)c2ccc(F)cc2)C1. The maximum absolute atomic E-state index is 12.9. The van der Waals surface area contributed by atoms with E-state index in [-0.39, 0.29) is 11.9 Å². The number of hydrogen-bond acceptors (Lipinski definition) is 2. The summed E-state index contributed by atoms with van der Waals surface area (Å²) >= 11 is 0. The minimum atomic E-state index is -0.261. The van der Waals surface area contributed by atoms with E-state index in [1.165, 1.54) is 18.6 Å². The molecule has 18 heavy (non-hydrogen) atoms. The largest absolute Gasteiger partial charge is 0.281 e. The Bertz CT molecular complexity index is 435. The van der Waals surface area contributed by atoms with Gasteiger partial charge in [-0.1, -0.05) is 19.1 Å². The Morgan fingerprint density at radius 3 is 2.56 bits per heavy atom. The molecule has 1 saturated heterocycles. The summed E-state index contributed by atoms with van der Waals surface area (Å²) in [6, 6.07) is 8.81. The van der Waals surface area contributed by atoms with Gasteiger partial charge in [-0.25, -0.2) is 4.39 Å². The van der Waals surface area contributed by atoms with Gasteiger partial charge in [0.2, 0.25) is 0 Å². The molecule has 0 radical (unpaired) electrons. The van der Waals surface area contributed by atoms with Gasteiger partial charge in [-0.2, -0.15) is 5.26 Å². The molecule has 1 aromatic rings. The van der Waals surface area contributed by atoms with Crippen LogP contribution in [0.1, 0.15) is 38.3 Å². The Morgan fingerprint density at radius 2 is 1.94 bits per heavy atom. The third-order valence-corrected chi connectivity index (χ3v) is 3.81. The highest BCUT2D eigenvalue weighted by Gasteiger charge is 2.29. The van der Waals surface area contributed by atoms with Gasteiger partial charge in [-0.15, -0.1) is 0 Å². The second-order valence-electron chi connectivity index (χ2n) is 5.31. The van der Waals surface area contributed by atoms with Crippen LogP contribution in [-0.2, 0) is 0 Å². The molecule has 0 spiro atoms. The topological polar surface area (TPSA) is 27.0 Å². The minimum absolute atomic E-state index is 0.254. The van der Waals surface area contributed by atoms with E-state index in [4.69, 9.17) is 0 Å². The molecule has 0 aliphatic carbocycles. The molecule has 2 rings (SSSR count). The molecule has 2 nitrogen and oxygen atoms in total. The Hall–Kier alpha value is -1.40. The number of piperidine rings is 1. The molecule has 1 aliphatic rings. The highest BCUT2D eigenvalue weighted by Crippen LogP contribution is 2.30. The molecule has 0 bridgehead atoms. The first-order valence-corrected chi connectivity index (χ1v) is 6.52. The first-order chi connectivity index (χ1) is 8.61. The molecule has 0 amide bonds. The van der Waals surface area contributed by atoms with Gasteiger partial charge >= 0.3 is 0 Å². The monoisotopic (exact) mass is 246 g/mol. The molecular formula is C15H19FN2. The van der Waals surface area contributed by atoms with E-state index in [0.717, 1.165) is 18.5 Å². The second kappa shape index (κ2) is 5.49. The Balaban J connectivity index is 2.22. The van der Waals surface area contributed by atoms with Crippen molar-refractivity contribution in [1.82, 2.24) is 4.90 Å². The van der Waals surface area contributed by atoms with Gasteiger partial charge in [0.15, 0.2) is 0 Å². The van der Waals surface area contributed by atoms with Crippen LogP contribution in [0.15, 0.2) is 24.3 Å². The minimum Gasteiger partial charge on any atom is -0.281 e. The number of likely N-dealkylation sites (tertiary alicyclic amines) is 1. The van der Waals surface area contributed by atoms with E-state index in [9.17, 15) is 9.65 Å². The fourth-order valence-corrected chi connectivity index (χ4v) is 2.67.